The van der Waals surface area contributed by atoms with Crippen molar-refractivity contribution in [2.75, 3.05) is 13.2 Å². The van der Waals surface area contributed by atoms with E-state index in [1.165, 1.54) is 6.04 Å². The first-order valence-electron chi connectivity index (χ1n) is 5.21. The predicted octanol–water partition coefficient (Wildman–Crippen LogP) is 2.08. The average molecular weight is 201 g/mol. The molecule has 0 radical (unpaired) electrons. The fourth-order valence-corrected chi connectivity index (χ4v) is 5.17. The van der Waals surface area contributed by atoms with Crippen LogP contribution in [-0.2, 0) is 4.74 Å². The standard InChI is InChI=1S/C10H23NOSi/c1-9-10(7-11,5-6-12-9)8-13(2,3)4/h9H,5-8,11H2,1-4H3. The molecule has 0 spiro atoms. The Labute approximate surface area is 82.9 Å². The van der Waals surface area contributed by atoms with E-state index < -0.39 is 8.07 Å². The van der Waals surface area contributed by atoms with E-state index >= 15 is 0 Å². The fourth-order valence-electron chi connectivity index (χ4n) is 2.45. The van der Waals surface area contributed by atoms with Crippen molar-refractivity contribution in [3.8, 4) is 0 Å². The Morgan fingerprint density at radius 3 is 2.38 bits per heavy atom. The number of ether oxygens (including phenoxy) is 1. The largest absolute Gasteiger partial charge is 0.378 e. The van der Waals surface area contributed by atoms with Crippen LogP contribution in [-0.4, -0.2) is 27.3 Å². The summed E-state index contributed by atoms with van der Waals surface area (Å²) in [6.07, 6.45) is 1.53. The van der Waals surface area contributed by atoms with Crippen LogP contribution in [0.15, 0.2) is 0 Å². The Balaban J connectivity index is 2.70. The predicted molar refractivity (Wildman–Crippen MR) is 59.7 cm³/mol. The summed E-state index contributed by atoms with van der Waals surface area (Å²) in [6, 6.07) is 1.30. The van der Waals surface area contributed by atoms with Crippen LogP contribution in [0.25, 0.3) is 0 Å². The van der Waals surface area contributed by atoms with Gasteiger partial charge in [0, 0.05) is 26.6 Å². The summed E-state index contributed by atoms with van der Waals surface area (Å²) in [5.41, 5.74) is 6.20. The Morgan fingerprint density at radius 1 is 1.46 bits per heavy atom. The maximum absolute atomic E-state index is 5.91. The van der Waals surface area contributed by atoms with Crippen LogP contribution in [0.3, 0.4) is 0 Å². The molecule has 0 amide bonds. The van der Waals surface area contributed by atoms with Crippen LogP contribution >= 0.6 is 0 Å². The van der Waals surface area contributed by atoms with Crippen LogP contribution in [0.4, 0.5) is 0 Å². The van der Waals surface area contributed by atoms with Gasteiger partial charge in [-0.15, -0.1) is 0 Å². The molecule has 1 saturated heterocycles. The zero-order chi connectivity index (χ0) is 10.1. The van der Waals surface area contributed by atoms with Gasteiger partial charge in [-0.25, -0.2) is 0 Å². The highest BCUT2D eigenvalue weighted by atomic mass is 28.3. The summed E-state index contributed by atoms with van der Waals surface area (Å²) in [4.78, 5) is 0. The van der Waals surface area contributed by atoms with Gasteiger partial charge in [0.25, 0.3) is 0 Å². The lowest BCUT2D eigenvalue weighted by Gasteiger charge is -2.36. The Bertz CT molecular complexity index is 178. The van der Waals surface area contributed by atoms with Crippen molar-refractivity contribution < 1.29 is 4.74 Å². The van der Waals surface area contributed by atoms with Crippen molar-refractivity contribution in [3.63, 3.8) is 0 Å². The van der Waals surface area contributed by atoms with Gasteiger partial charge in [-0.1, -0.05) is 19.6 Å². The van der Waals surface area contributed by atoms with Crippen molar-refractivity contribution >= 4 is 8.07 Å². The summed E-state index contributed by atoms with van der Waals surface area (Å²) < 4.78 is 5.65. The first-order valence-corrected chi connectivity index (χ1v) is 8.92. The van der Waals surface area contributed by atoms with Gasteiger partial charge in [0.1, 0.15) is 0 Å². The summed E-state index contributed by atoms with van der Waals surface area (Å²) in [7, 11) is -1.02. The highest BCUT2D eigenvalue weighted by Gasteiger charge is 2.43. The topological polar surface area (TPSA) is 35.2 Å². The highest BCUT2D eigenvalue weighted by molar-refractivity contribution is 6.76. The van der Waals surface area contributed by atoms with Crippen molar-refractivity contribution in [2.24, 2.45) is 11.1 Å². The average Bonchev–Trinajstić information content (AvgIpc) is 2.30. The van der Waals surface area contributed by atoms with Gasteiger partial charge in [0.05, 0.1) is 6.10 Å². The molecule has 2 unspecified atom stereocenters. The zero-order valence-corrected chi connectivity index (χ0v) is 10.4. The second kappa shape index (κ2) is 3.71. The fraction of sp³-hybridized carbons (Fsp3) is 1.00. The maximum atomic E-state index is 5.91. The van der Waals surface area contributed by atoms with Crippen LogP contribution in [0, 0.1) is 5.41 Å². The normalized spacial score (nSPS) is 35.3. The highest BCUT2D eigenvalue weighted by Crippen LogP contribution is 2.41. The van der Waals surface area contributed by atoms with Gasteiger partial charge < -0.3 is 10.5 Å². The van der Waals surface area contributed by atoms with E-state index in [4.69, 9.17) is 10.5 Å². The molecule has 2 nitrogen and oxygen atoms in total. The Kier molecular flexibility index (Phi) is 3.20. The van der Waals surface area contributed by atoms with Crippen LogP contribution in [0.2, 0.25) is 25.7 Å². The van der Waals surface area contributed by atoms with E-state index in [0.717, 1.165) is 19.6 Å². The first kappa shape index (κ1) is 11.2. The van der Waals surface area contributed by atoms with Crippen molar-refractivity contribution in [2.45, 2.75) is 45.1 Å². The van der Waals surface area contributed by atoms with E-state index in [1.54, 1.807) is 0 Å². The second-order valence-corrected chi connectivity index (χ2v) is 11.0. The van der Waals surface area contributed by atoms with Gasteiger partial charge in [0.15, 0.2) is 0 Å². The Morgan fingerprint density at radius 2 is 2.08 bits per heavy atom. The molecule has 2 atom stereocenters. The lowest BCUT2D eigenvalue weighted by atomic mass is 9.84. The maximum Gasteiger partial charge on any atom is 0.0613 e. The molecule has 3 heteroatoms. The number of hydrogen-bond donors (Lipinski definition) is 1. The lowest BCUT2D eigenvalue weighted by Crippen LogP contribution is -2.42. The molecule has 1 aliphatic heterocycles. The van der Waals surface area contributed by atoms with Gasteiger partial charge in [0.2, 0.25) is 0 Å². The minimum Gasteiger partial charge on any atom is -0.378 e. The molecule has 0 aliphatic carbocycles. The summed E-state index contributed by atoms with van der Waals surface area (Å²) in [5.74, 6) is 0. The Hall–Kier alpha value is 0.137. The summed E-state index contributed by atoms with van der Waals surface area (Å²) in [6.45, 7) is 11.1. The zero-order valence-electron chi connectivity index (χ0n) is 9.39. The molecule has 13 heavy (non-hydrogen) atoms. The number of rotatable bonds is 3. The monoisotopic (exact) mass is 201 g/mol. The molecule has 0 bridgehead atoms. The third kappa shape index (κ3) is 2.54. The van der Waals surface area contributed by atoms with Crippen molar-refractivity contribution in [3.05, 3.63) is 0 Å². The molecule has 1 heterocycles. The molecule has 0 aromatic rings. The summed E-state index contributed by atoms with van der Waals surface area (Å²) >= 11 is 0. The minimum atomic E-state index is -1.02. The smallest absolute Gasteiger partial charge is 0.0613 e. The number of hydrogen-bond acceptors (Lipinski definition) is 2. The molecule has 78 valence electrons. The van der Waals surface area contributed by atoms with E-state index in [2.05, 4.69) is 26.6 Å². The molecular formula is C10H23NOSi. The molecule has 0 aromatic heterocycles. The molecule has 0 aromatic carbocycles. The lowest BCUT2D eigenvalue weighted by molar-refractivity contribution is 0.0750. The molecule has 2 N–H and O–H groups in total. The quantitative estimate of drug-likeness (QED) is 0.710. The third-order valence-electron chi connectivity index (χ3n) is 3.12. The van der Waals surface area contributed by atoms with E-state index in [1.807, 2.05) is 0 Å². The first-order chi connectivity index (χ1) is 5.90. The van der Waals surface area contributed by atoms with E-state index in [0.29, 0.717) is 11.5 Å². The molecule has 1 rings (SSSR count). The third-order valence-corrected chi connectivity index (χ3v) is 4.88. The van der Waals surface area contributed by atoms with Crippen LogP contribution in [0.1, 0.15) is 13.3 Å². The van der Waals surface area contributed by atoms with Crippen LogP contribution < -0.4 is 5.73 Å². The van der Waals surface area contributed by atoms with E-state index in [9.17, 15) is 0 Å². The summed E-state index contributed by atoms with van der Waals surface area (Å²) in [5, 5.41) is 0. The van der Waals surface area contributed by atoms with Crippen molar-refractivity contribution in [1.29, 1.82) is 0 Å². The van der Waals surface area contributed by atoms with Gasteiger partial charge in [-0.2, -0.15) is 0 Å². The van der Waals surface area contributed by atoms with Gasteiger partial charge in [-0.3, -0.25) is 0 Å². The SMILES string of the molecule is CC1OCCC1(CN)C[Si](C)(C)C. The van der Waals surface area contributed by atoms with E-state index in [-0.39, 0.29) is 0 Å². The minimum absolute atomic E-state index is 0.296. The number of nitrogens with two attached hydrogens (primary N) is 1. The molecular weight excluding hydrogens is 178 g/mol. The second-order valence-electron chi connectivity index (χ2n) is 5.57. The molecule has 1 fully saturated rings. The van der Waals surface area contributed by atoms with Crippen molar-refractivity contribution in [1.82, 2.24) is 0 Å². The molecule has 0 saturated carbocycles. The van der Waals surface area contributed by atoms with Crippen LogP contribution in [0.5, 0.6) is 0 Å². The molecule has 1 aliphatic rings. The van der Waals surface area contributed by atoms with Gasteiger partial charge >= 0.3 is 0 Å². The van der Waals surface area contributed by atoms with Gasteiger partial charge in [-0.05, 0) is 19.4 Å².